The minimum Gasteiger partial charge on any atom is -0.392 e. The Kier molecular flexibility index (Phi) is 5.87. The Balaban J connectivity index is 1.72. The molecule has 0 aromatic heterocycles. The summed E-state index contributed by atoms with van der Waals surface area (Å²) in [5.74, 6) is 0.844. The molecule has 0 radical (unpaired) electrons. The Bertz CT molecular complexity index is 363. The average molecular weight is 285 g/mol. The summed E-state index contributed by atoms with van der Waals surface area (Å²) in [7, 11) is 0. The zero-order valence-corrected chi connectivity index (χ0v) is 12.2. The van der Waals surface area contributed by atoms with Gasteiger partial charge in [-0.25, -0.2) is 0 Å². The summed E-state index contributed by atoms with van der Waals surface area (Å²) < 4.78 is 0. The average Bonchev–Trinajstić information content (AvgIpc) is 2.38. The number of rotatable bonds is 5. The van der Waals surface area contributed by atoms with E-state index in [1.807, 2.05) is 36.0 Å². The van der Waals surface area contributed by atoms with E-state index in [4.69, 9.17) is 11.6 Å². The molecule has 1 unspecified atom stereocenters. The van der Waals surface area contributed by atoms with E-state index >= 15 is 0 Å². The van der Waals surface area contributed by atoms with Gasteiger partial charge in [0.1, 0.15) is 0 Å². The van der Waals surface area contributed by atoms with E-state index in [9.17, 15) is 5.11 Å². The Morgan fingerprint density at radius 1 is 1.28 bits per heavy atom. The van der Waals surface area contributed by atoms with Gasteiger partial charge < -0.3 is 5.11 Å². The molecule has 0 spiro atoms. The molecule has 0 heterocycles. The monoisotopic (exact) mass is 284 g/mol. The van der Waals surface area contributed by atoms with Crippen LogP contribution in [-0.2, 0) is 6.42 Å². The van der Waals surface area contributed by atoms with Gasteiger partial charge >= 0.3 is 0 Å². The molecule has 0 aliphatic heterocycles. The standard InChI is InChI=1S/C15H21ClOS/c16-13-6-4-5-12(9-13)10-14(17)11-18-15-7-2-1-3-8-15/h4-6,9,14-15,17H,1-3,7-8,10-11H2. The van der Waals surface area contributed by atoms with Crippen molar-refractivity contribution in [1.29, 1.82) is 0 Å². The van der Waals surface area contributed by atoms with Gasteiger partial charge in [-0.05, 0) is 37.0 Å². The van der Waals surface area contributed by atoms with E-state index < -0.39 is 0 Å². The molecule has 1 saturated carbocycles. The molecule has 1 N–H and O–H groups in total. The number of hydrogen-bond donors (Lipinski definition) is 1. The van der Waals surface area contributed by atoms with E-state index in [1.165, 1.54) is 32.1 Å². The summed E-state index contributed by atoms with van der Waals surface area (Å²) in [5, 5.41) is 11.6. The molecule has 18 heavy (non-hydrogen) atoms. The third-order valence-electron chi connectivity index (χ3n) is 3.44. The van der Waals surface area contributed by atoms with Crippen LogP contribution in [0.4, 0.5) is 0 Å². The molecule has 0 bridgehead atoms. The number of aliphatic hydroxyl groups excluding tert-OH is 1. The van der Waals surface area contributed by atoms with Gasteiger partial charge in [0.15, 0.2) is 0 Å². The van der Waals surface area contributed by atoms with Crippen LogP contribution >= 0.6 is 23.4 Å². The van der Waals surface area contributed by atoms with Gasteiger partial charge in [-0.2, -0.15) is 11.8 Å². The van der Waals surface area contributed by atoms with Gasteiger partial charge in [0.05, 0.1) is 6.10 Å². The van der Waals surface area contributed by atoms with Crippen LogP contribution in [0.15, 0.2) is 24.3 Å². The fraction of sp³-hybridized carbons (Fsp3) is 0.600. The van der Waals surface area contributed by atoms with E-state index in [1.54, 1.807) is 0 Å². The number of thioether (sulfide) groups is 1. The fourth-order valence-electron chi connectivity index (χ4n) is 2.47. The molecular formula is C15H21ClOS. The molecule has 1 nitrogen and oxygen atoms in total. The molecule has 0 amide bonds. The zero-order chi connectivity index (χ0) is 12.8. The van der Waals surface area contributed by atoms with Crippen molar-refractivity contribution in [3.63, 3.8) is 0 Å². The summed E-state index contributed by atoms with van der Waals surface area (Å²) in [6.45, 7) is 0. The highest BCUT2D eigenvalue weighted by Crippen LogP contribution is 2.28. The maximum Gasteiger partial charge on any atom is 0.0670 e. The highest BCUT2D eigenvalue weighted by molar-refractivity contribution is 7.99. The lowest BCUT2D eigenvalue weighted by atomic mass is 10.0. The van der Waals surface area contributed by atoms with Crippen LogP contribution in [0.3, 0.4) is 0 Å². The molecule has 1 aliphatic carbocycles. The summed E-state index contributed by atoms with van der Waals surface area (Å²) in [4.78, 5) is 0. The molecule has 1 aromatic carbocycles. The summed E-state index contributed by atoms with van der Waals surface area (Å²) in [5.41, 5.74) is 1.12. The number of benzene rings is 1. The van der Waals surface area contributed by atoms with Crippen LogP contribution in [0.25, 0.3) is 0 Å². The molecule has 0 saturated heterocycles. The first-order valence-corrected chi connectivity index (χ1v) is 8.21. The fourth-order valence-corrected chi connectivity index (χ4v) is 3.97. The summed E-state index contributed by atoms with van der Waals surface area (Å²) in [6.07, 6.45) is 7.23. The van der Waals surface area contributed by atoms with Crippen LogP contribution in [0, 0.1) is 0 Å². The van der Waals surface area contributed by atoms with Crippen LogP contribution in [0.2, 0.25) is 5.02 Å². The lowest BCUT2D eigenvalue weighted by Crippen LogP contribution is -2.17. The number of halogens is 1. The maximum atomic E-state index is 10.1. The van der Waals surface area contributed by atoms with E-state index in [-0.39, 0.29) is 6.10 Å². The van der Waals surface area contributed by atoms with Gasteiger partial charge in [-0.3, -0.25) is 0 Å². The summed E-state index contributed by atoms with van der Waals surface area (Å²) >= 11 is 7.89. The van der Waals surface area contributed by atoms with Gasteiger partial charge in [0.2, 0.25) is 0 Å². The molecule has 1 aromatic rings. The topological polar surface area (TPSA) is 20.2 Å². The van der Waals surface area contributed by atoms with Crippen LogP contribution < -0.4 is 0 Å². The van der Waals surface area contributed by atoms with Gasteiger partial charge in [0.25, 0.3) is 0 Å². The maximum absolute atomic E-state index is 10.1. The third kappa shape index (κ3) is 4.83. The molecule has 2 rings (SSSR count). The van der Waals surface area contributed by atoms with Gasteiger partial charge in [0, 0.05) is 16.0 Å². The Hall–Kier alpha value is -0.180. The molecule has 1 fully saturated rings. The SMILES string of the molecule is OC(CSC1CCCCC1)Cc1cccc(Cl)c1. The van der Waals surface area contributed by atoms with Crippen molar-refractivity contribution in [3.8, 4) is 0 Å². The first-order valence-electron chi connectivity index (χ1n) is 6.78. The molecule has 3 heteroatoms. The lowest BCUT2D eigenvalue weighted by molar-refractivity contribution is 0.200. The van der Waals surface area contributed by atoms with Crippen LogP contribution in [-0.4, -0.2) is 22.2 Å². The predicted molar refractivity (Wildman–Crippen MR) is 80.5 cm³/mol. The largest absolute Gasteiger partial charge is 0.392 e. The normalized spacial score (nSPS) is 18.8. The second kappa shape index (κ2) is 7.42. The van der Waals surface area contributed by atoms with Crippen LogP contribution in [0.1, 0.15) is 37.7 Å². The number of hydrogen-bond acceptors (Lipinski definition) is 2. The summed E-state index contributed by atoms with van der Waals surface area (Å²) in [6, 6.07) is 7.78. The lowest BCUT2D eigenvalue weighted by Gasteiger charge is -2.22. The van der Waals surface area contributed by atoms with Crippen LogP contribution in [0.5, 0.6) is 0 Å². The minimum absolute atomic E-state index is 0.254. The third-order valence-corrected chi connectivity index (χ3v) is 5.19. The first kappa shape index (κ1) is 14.2. The van der Waals surface area contributed by atoms with E-state index in [0.29, 0.717) is 6.42 Å². The second-order valence-electron chi connectivity index (χ2n) is 5.08. The molecular weight excluding hydrogens is 264 g/mol. The van der Waals surface area contributed by atoms with Crippen molar-refractivity contribution < 1.29 is 5.11 Å². The van der Waals surface area contributed by atoms with Crippen molar-refractivity contribution in [1.82, 2.24) is 0 Å². The Labute approximate surface area is 119 Å². The zero-order valence-electron chi connectivity index (χ0n) is 10.6. The Morgan fingerprint density at radius 2 is 2.06 bits per heavy atom. The van der Waals surface area contributed by atoms with E-state index in [0.717, 1.165) is 21.6 Å². The second-order valence-corrected chi connectivity index (χ2v) is 6.85. The molecule has 100 valence electrons. The van der Waals surface area contributed by atoms with Crippen molar-refractivity contribution in [2.45, 2.75) is 49.9 Å². The van der Waals surface area contributed by atoms with Gasteiger partial charge in [-0.1, -0.05) is 43.0 Å². The highest BCUT2D eigenvalue weighted by atomic mass is 35.5. The van der Waals surface area contributed by atoms with Crippen molar-refractivity contribution in [3.05, 3.63) is 34.9 Å². The Morgan fingerprint density at radius 3 is 2.78 bits per heavy atom. The molecule has 1 aliphatic rings. The first-order chi connectivity index (χ1) is 8.74. The van der Waals surface area contributed by atoms with Gasteiger partial charge in [-0.15, -0.1) is 0 Å². The van der Waals surface area contributed by atoms with E-state index in [2.05, 4.69) is 0 Å². The number of aliphatic hydroxyl groups is 1. The smallest absolute Gasteiger partial charge is 0.0670 e. The molecule has 1 atom stereocenters. The quantitative estimate of drug-likeness (QED) is 0.869. The van der Waals surface area contributed by atoms with Crippen molar-refractivity contribution in [2.75, 3.05) is 5.75 Å². The highest BCUT2D eigenvalue weighted by Gasteiger charge is 2.15. The predicted octanol–water partition coefficient (Wildman–Crippen LogP) is 4.31. The van der Waals surface area contributed by atoms with Crippen molar-refractivity contribution >= 4 is 23.4 Å². The van der Waals surface area contributed by atoms with Crippen molar-refractivity contribution in [2.24, 2.45) is 0 Å². The minimum atomic E-state index is -0.254.